The van der Waals surface area contributed by atoms with E-state index in [9.17, 15) is 4.79 Å². The molecule has 128 valence electrons. The molecule has 2 aromatic rings. The molecule has 3 heterocycles. The van der Waals surface area contributed by atoms with E-state index in [-0.39, 0.29) is 11.7 Å². The van der Waals surface area contributed by atoms with Gasteiger partial charge in [-0.2, -0.15) is 0 Å². The maximum absolute atomic E-state index is 11.9. The summed E-state index contributed by atoms with van der Waals surface area (Å²) in [6, 6.07) is 6.93. The molecule has 1 fully saturated rings. The van der Waals surface area contributed by atoms with Crippen molar-refractivity contribution < 1.29 is 9.21 Å². The molecule has 0 spiro atoms. The summed E-state index contributed by atoms with van der Waals surface area (Å²) in [6.07, 6.45) is 6.81. The van der Waals surface area contributed by atoms with Gasteiger partial charge in [0.2, 0.25) is 0 Å². The summed E-state index contributed by atoms with van der Waals surface area (Å²) >= 11 is 1.70. The van der Waals surface area contributed by atoms with Gasteiger partial charge in [-0.25, -0.2) is 0 Å². The molecule has 0 atom stereocenters. The van der Waals surface area contributed by atoms with Crippen LogP contribution in [0.3, 0.4) is 0 Å². The van der Waals surface area contributed by atoms with Gasteiger partial charge in [0.1, 0.15) is 5.03 Å². The van der Waals surface area contributed by atoms with Crippen LogP contribution in [0.15, 0.2) is 40.0 Å². The third-order valence-electron chi connectivity index (χ3n) is 3.98. The van der Waals surface area contributed by atoms with Crippen molar-refractivity contribution in [1.82, 2.24) is 15.1 Å². The summed E-state index contributed by atoms with van der Waals surface area (Å²) in [5, 5.41) is 11.8. The Balaban J connectivity index is 1.43. The topological polar surface area (TPSA) is 71.3 Å². The molecule has 7 heteroatoms. The number of hydrogen-bond donors (Lipinski definition) is 1. The Labute approximate surface area is 146 Å². The Morgan fingerprint density at radius 2 is 2.00 bits per heavy atom. The Morgan fingerprint density at radius 3 is 2.67 bits per heavy atom. The number of hydrogen-bond acceptors (Lipinski definition) is 6. The Kier molecular flexibility index (Phi) is 6.26. The zero-order chi connectivity index (χ0) is 16.6. The number of aromatic nitrogens is 2. The van der Waals surface area contributed by atoms with E-state index in [2.05, 4.69) is 20.4 Å². The SMILES string of the molecule is O=C(Nc1ccc(SCCN2CCCCCC2)nn1)c1ccco1. The molecule has 1 aliphatic rings. The maximum Gasteiger partial charge on any atom is 0.292 e. The van der Waals surface area contributed by atoms with E-state index in [4.69, 9.17) is 4.42 Å². The second kappa shape index (κ2) is 8.84. The quantitative estimate of drug-likeness (QED) is 0.809. The number of furan rings is 1. The van der Waals surface area contributed by atoms with E-state index >= 15 is 0 Å². The van der Waals surface area contributed by atoms with Gasteiger partial charge in [-0.15, -0.1) is 22.0 Å². The van der Waals surface area contributed by atoms with Crippen LogP contribution in [0, 0.1) is 0 Å². The molecule has 0 radical (unpaired) electrons. The number of nitrogens with zero attached hydrogens (tertiary/aromatic N) is 3. The lowest BCUT2D eigenvalue weighted by molar-refractivity contribution is 0.0996. The van der Waals surface area contributed by atoms with Crippen LogP contribution < -0.4 is 5.32 Å². The molecular formula is C17H22N4O2S. The minimum atomic E-state index is -0.323. The van der Waals surface area contributed by atoms with Crippen LogP contribution in [0.1, 0.15) is 36.2 Å². The van der Waals surface area contributed by atoms with Crippen molar-refractivity contribution >= 4 is 23.5 Å². The molecule has 2 aromatic heterocycles. The highest BCUT2D eigenvalue weighted by Crippen LogP contribution is 2.17. The fraction of sp³-hybridized carbons (Fsp3) is 0.471. The minimum absolute atomic E-state index is 0.257. The largest absolute Gasteiger partial charge is 0.459 e. The summed E-state index contributed by atoms with van der Waals surface area (Å²) in [5.74, 6) is 1.36. The number of anilines is 1. The van der Waals surface area contributed by atoms with Gasteiger partial charge in [0.05, 0.1) is 6.26 Å². The molecule has 1 saturated heterocycles. The number of likely N-dealkylation sites (tertiary alicyclic amines) is 1. The highest BCUT2D eigenvalue weighted by molar-refractivity contribution is 7.99. The van der Waals surface area contributed by atoms with E-state index in [1.807, 2.05) is 6.07 Å². The van der Waals surface area contributed by atoms with Gasteiger partial charge in [0.15, 0.2) is 11.6 Å². The van der Waals surface area contributed by atoms with Crippen LogP contribution in [0.5, 0.6) is 0 Å². The van der Waals surface area contributed by atoms with Crippen molar-refractivity contribution in [2.24, 2.45) is 0 Å². The fourth-order valence-corrected chi connectivity index (χ4v) is 3.51. The number of amides is 1. The van der Waals surface area contributed by atoms with E-state index in [0.29, 0.717) is 5.82 Å². The lowest BCUT2D eigenvalue weighted by atomic mass is 10.2. The lowest BCUT2D eigenvalue weighted by Gasteiger charge is -2.18. The number of nitrogens with one attached hydrogen (secondary N) is 1. The van der Waals surface area contributed by atoms with Crippen LogP contribution in [-0.4, -0.2) is 46.4 Å². The van der Waals surface area contributed by atoms with Gasteiger partial charge in [0.25, 0.3) is 5.91 Å². The molecule has 6 nitrogen and oxygen atoms in total. The zero-order valence-electron chi connectivity index (χ0n) is 13.6. The average molecular weight is 346 g/mol. The van der Waals surface area contributed by atoms with E-state index < -0.39 is 0 Å². The van der Waals surface area contributed by atoms with Gasteiger partial charge in [-0.1, -0.05) is 12.8 Å². The lowest BCUT2D eigenvalue weighted by Crippen LogP contribution is -2.27. The molecule has 0 aromatic carbocycles. The number of thioether (sulfide) groups is 1. The molecule has 0 saturated carbocycles. The molecule has 0 aliphatic carbocycles. The normalized spacial score (nSPS) is 15.8. The standard InChI is InChI=1S/C17H22N4O2S/c22-17(14-6-5-12-23-14)18-15-7-8-16(20-19-15)24-13-11-21-9-3-1-2-4-10-21/h5-8,12H,1-4,9-11,13H2,(H,18,19,22). The Morgan fingerprint density at radius 1 is 1.17 bits per heavy atom. The predicted molar refractivity (Wildman–Crippen MR) is 94.3 cm³/mol. The van der Waals surface area contributed by atoms with Crippen molar-refractivity contribution in [2.45, 2.75) is 30.7 Å². The number of carbonyl (C=O) groups excluding carboxylic acids is 1. The summed E-state index contributed by atoms with van der Waals surface area (Å²) < 4.78 is 5.04. The number of rotatable bonds is 6. The maximum atomic E-state index is 11.9. The van der Waals surface area contributed by atoms with E-state index in [1.54, 1.807) is 30.0 Å². The summed E-state index contributed by atoms with van der Waals surface area (Å²) in [6.45, 7) is 3.51. The highest BCUT2D eigenvalue weighted by Gasteiger charge is 2.11. The first-order chi connectivity index (χ1) is 11.8. The molecule has 1 aliphatic heterocycles. The molecular weight excluding hydrogens is 324 g/mol. The van der Waals surface area contributed by atoms with Crippen LogP contribution in [-0.2, 0) is 0 Å². The number of carbonyl (C=O) groups is 1. The molecule has 0 bridgehead atoms. The fourth-order valence-electron chi connectivity index (χ4n) is 2.69. The third-order valence-corrected chi connectivity index (χ3v) is 4.88. The van der Waals surface area contributed by atoms with Crippen molar-refractivity contribution in [3.8, 4) is 0 Å². The second-order valence-electron chi connectivity index (χ2n) is 5.79. The monoisotopic (exact) mass is 346 g/mol. The van der Waals surface area contributed by atoms with Crippen LogP contribution in [0.4, 0.5) is 5.82 Å². The summed E-state index contributed by atoms with van der Waals surface area (Å²) in [5.41, 5.74) is 0. The molecule has 0 unspecified atom stereocenters. The van der Waals surface area contributed by atoms with Gasteiger partial charge < -0.3 is 14.6 Å². The van der Waals surface area contributed by atoms with Crippen LogP contribution >= 0.6 is 11.8 Å². The molecule has 1 amide bonds. The van der Waals surface area contributed by atoms with Crippen molar-refractivity contribution in [3.63, 3.8) is 0 Å². The van der Waals surface area contributed by atoms with Gasteiger partial charge in [0, 0.05) is 12.3 Å². The first kappa shape index (κ1) is 17.0. The van der Waals surface area contributed by atoms with Gasteiger partial charge in [-0.3, -0.25) is 4.79 Å². The predicted octanol–water partition coefficient (Wildman–Crippen LogP) is 3.29. The Bertz CT molecular complexity index is 623. The summed E-state index contributed by atoms with van der Waals surface area (Å²) in [4.78, 5) is 14.4. The zero-order valence-corrected chi connectivity index (χ0v) is 14.4. The smallest absolute Gasteiger partial charge is 0.292 e. The molecule has 24 heavy (non-hydrogen) atoms. The first-order valence-corrected chi connectivity index (χ1v) is 9.33. The van der Waals surface area contributed by atoms with Crippen LogP contribution in [0.2, 0.25) is 0 Å². The second-order valence-corrected chi connectivity index (χ2v) is 6.91. The molecule has 3 rings (SSSR count). The van der Waals surface area contributed by atoms with Crippen molar-refractivity contribution in [3.05, 3.63) is 36.3 Å². The van der Waals surface area contributed by atoms with Crippen molar-refractivity contribution in [1.29, 1.82) is 0 Å². The summed E-state index contributed by atoms with van der Waals surface area (Å²) in [7, 11) is 0. The molecule has 1 N–H and O–H groups in total. The van der Waals surface area contributed by atoms with E-state index in [0.717, 1.165) is 17.3 Å². The minimum Gasteiger partial charge on any atom is -0.459 e. The Hall–Kier alpha value is -1.86. The third kappa shape index (κ3) is 5.07. The van der Waals surface area contributed by atoms with Crippen LogP contribution in [0.25, 0.3) is 0 Å². The van der Waals surface area contributed by atoms with Crippen molar-refractivity contribution in [2.75, 3.05) is 30.7 Å². The average Bonchev–Trinajstić information content (AvgIpc) is 3.02. The van der Waals surface area contributed by atoms with E-state index in [1.165, 1.54) is 45.0 Å². The highest BCUT2D eigenvalue weighted by atomic mass is 32.2. The van der Waals surface area contributed by atoms with Gasteiger partial charge >= 0.3 is 0 Å². The van der Waals surface area contributed by atoms with Gasteiger partial charge in [-0.05, 0) is 50.2 Å². The first-order valence-electron chi connectivity index (χ1n) is 8.35.